The average Bonchev–Trinajstić information content (AvgIpc) is 3.44. The fourth-order valence-corrected chi connectivity index (χ4v) is 4.75. The highest BCUT2D eigenvalue weighted by Gasteiger charge is 2.53. The van der Waals surface area contributed by atoms with Crippen molar-refractivity contribution < 1.29 is 4.74 Å². The third kappa shape index (κ3) is 3.44. The average molecular weight is 480 g/mol. The monoisotopic (exact) mass is 480 g/mol. The van der Waals surface area contributed by atoms with E-state index in [0.29, 0.717) is 24.0 Å². The number of guanidine groups is 1. The van der Waals surface area contributed by atoms with Crippen LogP contribution in [0.2, 0.25) is 0 Å². The molecular formula is C19H25IN6O. The minimum atomic E-state index is 0. The van der Waals surface area contributed by atoms with Gasteiger partial charge in [0.05, 0.1) is 12.2 Å². The van der Waals surface area contributed by atoms with E-state index in [2.05, 4.69) is 31.4 Å². The summed E-state index contributed by atoms with van der Waals surface area (Å²) in [5.41, 5.74) is 1.16. The van der Waals surface area contributed by atoms with Gasteiger partial charge in [0.2, 0.25) is 0 Å². The Balaban J connectivity index is 0.00000180. The molecule has 0 amide bonds. The number of pyridine rings is 1. The number of likely N-dealkylation sites (tertiary alicyclic amines) is 1. The van der Waals surface area contributed by atoms with Crippen LogP contribution in [-0.2, 0) is 11.3 Å². The van der Waals surface area contributed by atoms with Crippen molar-refractivity contribution in [3.63, 3.8) is 0 Å². The molecule has 5 heterocycles. The second kappa shape index (κ2) is 7.75. The molecular weight excluding hydrogens is 455 g/mol. The first-order valence-electron chi connectivity index (χ1n) is 9.38. The lowest BCUT2D eigenvalue weighted by molar-refractivity contribution is 0.0767. The normalized spacial score (nSPS) is 28.9. The van der Waals surface area contributed by atoms with E-state index in [1.165, 1.54) is 12.8 Å². The van der Waals surface area contributed by atoms with Gasteiger partial charge in [0.1, 0.15) is 0 Å². The number of aliphatic imine (C=N–C) groups is 1. The number of hydrogen-bond acceptors (Lipinski definition) is 4. The van der Waals surface area contributed by atoms with E-state index in [1.54, 1.807) is 10.9 Å². The van der Waals surface area contributed by atoms with Crippen molar-refractivity contribution in [3.8, 4) is 5.82 Å². The minimum absolute atomic E-state index is 0. The Bertz CT molecular complexity index is 792. The highest BCUT2D eigenvalue weighted by Crippen LogP contribution is 2.47. The molecule has 2 bridgehead atoms. The van der Waals surface area contributed by atoms with Gasteiger partial charge in [0.15, 0.2) is 11.8 Å². The van der Waals surface area contributed by atoms with Crippen LogP contribution in [0.1, 0.15) is 18.4 Å². The van der Waals surface area contributed by atoms with Gasteiger partial charge in [-0.1, -0.05) is 0 Å². The molecule has 2 aromatic heterocycles. The Morgan fingerprint density at radius 1 is 1.26 bits per heavy atom. The van der Waals surface area contributed by atoms with Gasteiger partial charge < -0.3 is 15.0 Å². The number of fused-ring (bicyclic) bond motifs is 5. The first kappa shape index (κ1) is 18.7. The van der Waals surface area contributed by atoms with Gasteiger partial charge in [-0.2, -0.15) is 5.10 Å². The summed E-state index contributed by atoms with van der Waals surface area (Å²) >= 11 is 0. The van der Waals surface area contributed by atoms with Crippen LogP contribution in [-0.4, -0.2) is 58.0 Å². The van der Waals surface area contributed by atoms with Crippen LogP contribution < -0.4 is 5.32 Å². The lowest BCUT2D eigenvalue weighted by Crippen LogP contribution is -2.41. The highest BCUT2D eigenvalue weighted by molar-refractivity contribution is 14.0. The molecule has 8 heteroatoms. The zero-order chi connectivity index (χ0) is 17.5. The van der Waals surface area contributed by atoms with Gasteiger partial charge in [0, 0.05) is 57.1 Å². The second-order valence-corrected chi connectivity index (χ2v) is 7.40. The summed E-state index contributed by atoms with van der Waals surface area (Å²) in [6, 6.07) is 5.98. The van der Waals surface area contributed by atoms with Crippen LogP contribution in [0.25, 0.3) is 5.82 Å². The number of nitrogens with zero attached hydrogens (tertiary/aromatic N) is 5. The van der Waals surface area contributed by atoms with Crippen LogP contribution in [0.5, 0.6) is 0 Å². The Morgan fingerprint density at radius 3 is 2.70 bits per heavy atom. The number of ether oxygens (including phenoxy) is 1. The van der Waals surface area contributed by atoms with Gasteiger partial charge in [0.25, 0.3) is 0 Å². The molecule has 0 radical (unpaired) electrons. The molecule has 1 N–H and O–H groups in total. The van der Waals surface area contributed by atoms with Gasteiger partial charge in [-0.3, -0.25) is 4.99 Å². The highest BCUT2D eigenvalue weighted by atomic mass is 127. The van der Waals surface area contributed by atoms with E-state index in [4.69, 9.17) is 4.74 Å². The van der Waals surface area contributed by atoms with Crippen LogP contribution in [0.3, 0.4) is 0 Å². The van der Waals surface area contributed by atoms with Gasteiger partial charge in [-0.05, 0) is 36.6 Å². The standard InChI is InChI=1S/C19H24N6O.HI/c1-20-19(24-11-14-15(12-24)17-4-3-16(14)26-17)22-10-13-5-7-21-18(9-13)25-8-2-6-23-25;/h2,5-9,14-17H,3-4,10-12H2,1H3,(H,20,22);1H. The molecule has 0 aromatic carbocycles. The summed E-state index contributed by atoms with van der Waals surface area (Å²) in [5, 5.41) is 7.76. The fraction of sp³-hybridized carbons (Fsp3) is 0.526. The van der Waals surface area contributed by atoms with Crippen molar-refractivity contribution >= 4 is 29.9 Å². The maximum atomic E-state index is 6.08. The lowest BCUT2D eigenvalue weighted by Gasteiger charge is -2.23. The van der Waals surface area contributed by atoms with Crippen LogP contribution in [0, 0.1) is 11.8 Å². The Kier molecular flexibility index (Phi) is 5.36. The first-order valence-corrected chi connectivity index (χ1v) is 9.38. The third-order valence-electron chi connectivity index (χ3n) is 5.96. The Hall–Kier alpha value is -1.68. The van der Waals surface area contributed by atoms with Gasteiger partial charge in [-0.15, -0.1) is 24.0 Å². The van der Waals surface area contributed by atoms with Gasteiger partial charge in [-0.25, -0.2) is 9.67 Å². The maximum Gasteiger partial charge on any atom is 0.193 e. The van der Waals surface area contributed by atoms with Crippen LogP contribution in [0.4, 0.5) is 0 Å². The van der Waals surface area contributed by atoms with E-state index >= 15 is 0 Å². The summed E-state index contributed by atoms with van der Waals surface area (Å²) in [6.07, 6.45) is 8.91. The largest absolute Gasteiger partial charge is 0.374 e. The second-order valence-electron chi connectivity index (χ2n) is 7.40. The van der Waals surface area contributed by atoms with E-state index in [9.17, 15) is 0 Å². The van der Waals surface area contributed by atoms with E-state index in [0.717, 1.165) is 37.0 Å². The van der Waals surface area contributed by atoms with Crippen molar-refractivity contribution in [2.75, 3.05) is 20.1 Å². The number of rotatable bonds is 3. The molecule has 3 saturated heterocycles. The molecule has 0 saturated carbocycles. The number of hydrogen-bond donors (Lipinski definition) is 1. The zero-order valence-corrected chi connectivity index (χ0v) is 17.7. The van der Waals surface area contributed by atoms with Crippen molar-refractivity contribution in [3.05, 3.63) is 42.4 Å². The predicted molar refractivity (Wildman–Crippen MR) is 113 cm³/mol. The number of halogens is 1. The number of aromatic nitrogens is 3. The Morgan fingerprint density at radius 2 is 2.04 bits per heavy atom. The van der Waals surface area contributed by atoms with Crippen molar-refractivity contribution in [1.82, 2.24) is 25.0 Å². The van der Waals surface area contributed by atoms with Crippen molar-refractivity contribution in [2.24, 2.45) is 16.8 Å². The predicted octanol–water partition coefficient (Wildman–Crippen LogP) is 2.07. The molecule has 5 rings (SSSR count). The SMILES string of the molecule is CN=C(NCc1ccnc(-n2cccn2)c1)N1CC2C3CCC(O3)C2C1.I. The molecule has 3 fully saturated rings. The smallest absolute Gasteiger partial charge is 0.193 e. The summed E-state index contributed by atoms with van der Waals surface area (Å²) in [6.45, 7) is 2.83. The van der Waals surface area contributed by atoms with Gasteiger partial charge >= 0.3 is 0 Å². The summed E-state index contributed by atoms with van der Waals surface area (Å²) in [4.78, 5) is 11.3. The third-order valence-corrected chi connectivity index (χ3v) is 5.96. The molecule has 4 unspecified atom stereocenters. The molecule has 2 aromatic rings. The molecule has 7 nitrogen and oxygen atoms in total. The Labute approximate surface area is 176 Å². The summed E-state index contributed by atoms with van der Waals surface area (Å²) in [5.74, 6) is 3.17. The fourth-order valence-electron chi connectivity index (χ4n) is 4.75. The van der Waals surface area contributed by atoms with E-state index in [1.807, 2.05) is 31.6 Å². The van der Waals surface area contributed by atoms with E-state index < -0.39 is 0 Å². The molecule has 144 valence electrons. The zero-order valence-electron chi connectivity index (χ0n) is 15.4. The van der Waals surface area contributed by atoms with E-state index in [-0.39, 0.29) is 24.0 Å². The maximum absolute atomic E-state index is 6.08. The summed E-state index contributed by atoms with van der Waals surface area (Å²) < 4.78 is 7.85. The molecule has 0 aliphatic carbocycles. The molecule has 4 atom stereocenters. The first-order chi connectivity index (χ1) is 12.8. The van der Waals surface area contributed by atoms with Crippen molar-refractivity contribution in [2.45, 2.75) is 31.6 Å². The quantitative estimate of drug-likeness (QED) is 0.414. The molecule has 27 heavy (non-hydrogen) atoms. The van der Waals surface area contributed by atoms with Crippen molar-refractivity contribution in [1.29, 1.82) is 0 Å². The molecule has 3 aliphatic rings. The summed E-state index contributed by atoms with van der Waals surface area (Å²) in [7, 11) is 1.86. The molecule has 3 aliphatic heterocycles. The lowest BCUT2D eigenvalue weighted by atomic mass is 9.82. The minimum Gasteiger partial charge on any atom is -0.374 e. The van der Waals surface area contributed by atoms with Crippen LogP contribution in [0.15, 0.2) is 41.8 Å². The topological polar surface area (TPSA) is 67.6 Å². The molecule has 0 spiro atoms. The number of nitrogens with one attached hydrogen (secondary N) is 1. The van der Waals surface area contributed by atoms with Crippen LogP contribution >= 0.6 is 24.0 Å².